The number of morpholine rings is 1. The van der Waals surface area contributed by atoms with Crippen LogP contribution in [0.15, 0.2) is 97.1 Å². The van der Waals surface area contributed by atoms with Crippen molar-refractivity contribution in [1.82, 2.24) is 4.90 Å². The van der Waals surface area contributed by atoms with Crippen molar-refractivity contribution in [1.29, 1.82) is 0 Å². The summed E-state index contributed by atoms with van der Waals surface area (Å²) >= 11 is 12.6. The van der Waals surface area contributed by atoms with E-state index in [1.54, 1.807) is 81.4 Å². The number of carbonyl (C=O) groups excluding carboxylic acids is 1. The first kappa shape index (κ1) is 44.3. The van der Waals surface area contributed by atoms with Gasteiger partial charge in [0, 0.05) is 10.0 Å². The van der Waals surface area contributed by atoms with E-state index < -0.39 is 83.8 Å². The van der Waals surface area contributed by atoms with Crippen LogP contribution >= 0.6 is 23.2 Å². The molecule has 3 fully saturated rings. The standard InChI is InChI=1S/C32H33Cl2FN2O6S.C10H12FNO2S/c1-3-24(19-36(26-10-5-4-9-25(26)35)44(41,42)32(2)15-16-32)37-29(20-11-13-22(33)14-12-20)30(21-7-6-8-23(34)17-21)43-27(31(37)40)18-28(38)39;1-10(6-7-10)15(13,14)12-9-5-3-2-4-8(9)11/h4-14,17,24,27,29-30H,3,15-16,18-19H2,1-2H3,(H,38,39);2-5,12H,6-7H2,1H3/t24?,27-,29+,30+;/m0./s1. The molecule has 1 unspecified atom stereocenters. The minimum absolute atomic E-state index is 0.0191. The van der Waals surface area contributed by atoms with Gasteiger partial charge in [-0.2, -0.15) is 0 Å². The Morgan fingerprint density at radius 1 is 0.864 bits per heavy atom. The molecule has 1 amide bonds. The zero-order valence-electron chi connectivity index (χ0n) is 32.5. The van der Waals surface area contributed by atoms with Crippen LogP contribution in [-0.2, 0) is 34.4 Å². The Morgan fingerprint density at radius 2 is 1.47 bits per heavy atom. The van der Waals surface area contributed by atoms with Crippen molar-refractivity contribution in [3.05, 3.63) is 130 Å². The number of nitrogens with zero attached hydrogens (tertiary/aromatic N) is 2. The Morgan fingerprint density at radius 3 is 2.03 bits per heavy atom. The molecule has 7 rings (SSSR count). The zero-order valence-corrected chi connectivity index (χ0v) is 35.7. The van der Waals surface area contributed by atoms with E-state index in [0.717, 1.165) is 4.31 Å². The van der Waals surface area contributed by atoms with Crippen LogP contribution in [0.25, 0.3) is 0 Å². The number of nitrogens with one attached hydrogen (secondary N) is 1. The van der Waals surface area contributed by atoms with Crippen LogP contribution in [0.5, 0.6) is 0 Å². The summed E-state index contributed by atoms with van der Waals surface area (Å²) < 4.78 is 87.9. The molecule has 0 bridgehead atoms. The van der Waals surface area contributed by atoms with Gasteiger partial charge in [-0.05, 0) is 106 Å². The molecule has 0 radical (unpaired) electrons. The fourth-order valence-electron chi connectivity index (χ4n) is 6.94. The predicted molar refractivity (Wildman–Crippen MR) is 223 cm³/mol. The highest BCUT2D eigenvalue weighted by Crippen LogP contribution is 2.48. The third kappa shape index (κ3) is 9.54. The van der Waals surface area contributed by atoms with Crippen LogP contribution in [0, 0.1) is 11.6 Å². The molecule has 4 atom stereocenters. The number of ether oxygens (including phenoxy) is 1. The fourth-order valence-corrected chi connectivity index (χ4v) is 10.5. The monoisotopic (exact) mass is 891 g/mol. The molecule has 0 aromatic heterocycles. The highest BCUT2D eigenvalue weighted by molar-refractivity contribution is 7.94. The summed E-state index contributed by atoms with van der Waals surface area (Å²) in [6.07, 6.45) is -0.442. The molecule has 0 spiro atoms. The Hall–Kier alpha value is -4.28. The van der Waals surface area contributed by atoms with Crippen LogP contribution in [-0.4, -0.2) is 66.9 Å². The molecule has 1 aliphatic heterocycles. The Bertz CT molecular complexity index is 2420. The van der Waals surface area contributed by atoms with E-state index in [1.165, 1.54) is 41.3 Å². The third-order valence-electron chi connectivity index (χ3n) is 11.1. The van der Waals surface area contributed by atoms with E-state index >= 15 is 4.39 Å². The van der Waals surface area contributed by atoms with Gasteiger partial charge in [0.1, 0.15) is 23.8 Å². The normalized spacial score (nSPS) is 21.1. The van der Waals surface area contributed by atoms with E-state index in [9.17, 15) is 35.9 Å². The van der Waals surface area contributed by atoms with Crippen molar-refractivity contribution in [2.24, 2.45) is 0 Å². The number of aliphatic carboxylic acids is 1. The van der Waals surface area contributed by atoms with Gasteiger partial charge in [0.2, 0.25) is 20.0 Å². The lowest BCUT2D eigenvalue weighted by molar-refractivity contribution is -0.183. The van der Waals surface area contributed by atoms with Crippen molar-refractivity contribution in [3.63, 3.8) is 0 Å². The summed E-state index contributed by atoms with van der Waals surface area (Å²) in [5.74, 6) is -3.10. The molecule has 11 nitrogen and oxygen atoms in total. The van der Waals surface area contributed by atoms with Gasteiger partial charge >= 0.3 is 5.97 Å². The van der Waals surface area contributed by atoms with E-state index in [4.69, 9.17) is 27.9 Å². The van der Waals surface area contributed by atoms with Crippen molar-refractivity contribution < 1.29 is 45.0 Å². The highest BCUT2D eigenvalue weighted by Gasteiger charge is 2.55. The molecule has 17 heteroatoms. The topological polar surface area (TPSA) is 150 Å². The van der Waals surface area contributed by atoms with E-state index in [0.29, 0.717) is 46.9 Å². The molecule has 2 N–H and O–H groups in total. The number of halogens is 4. The Kier molecular flexibility index (Phi) is 13.0. The van der Waals surface area contributed by atoms with E-state index in [2.05, 4.69) is 4.72 Å². The van der Waals surface area contributed by atoms with Crippen LogP contribution in [0.2, 0.25) is 10.0 Å². The van der Waals surface area contributed by atoms with Gasteiger partial charge in [0.25, 0.3) is 5.91 Å². The number of rotatable bonds is 14. The summed E-state index contributed by atoms with van der Waals surface area (Å²) in [6.45, 7) is 4.84. The lowest BCUT2D eigenvalue weighted by Gasteiger charge is -2.49. The number of sulfonamides is 2. The first-order chi connectivity index (χ1) is 27.8. The second kappa shape index (κ2) is 17.4. The number of carboxylic acids is 1. The van der Waals surface area contributed by atoms with Crippen LogP contribution in [0.3, 0.4) is 0 Å². The largest absolute Gasteiger partial charge is 0.481 e. The van der Waals surface area contributed by atoms with Gasteiger partial charge in [-0.1, -0.05) is 78.7 Å². The molecule has 3 aliphatic rings. The lowest BCUT2D eigenvalue weighted by Crippen LogP contribution is -2.58. The molecule has 4 aromatic carbocycles. The molecule has 1 saturated heterocycles. The number of anilines is 2. The van der Waals surface area contributed by atoms with Gasteiger partial charge in [0.15, 0.2) is 0 Å². The van der Waals surface area contributed by atoms with Crippen molar-refractivity contribution in [2.75, 3.05) is 15.6 Å². The molecule has 2 aliphatic carbocycles. The number of benzene rings is 4. The quantitative estimate of drug-likeness (QED) is 0.128. The number of hydrogen-bond acceptors (Lipinski definition) is 7. The smallest absolute Gasteiger partial charge is 0.306 e. The lowest BCUT2D eigenvalue weighted by atomic mass is 9.89. The van der Waals surface area contributed by atoms with Crippen LogP contribution < -0.4 is 9.03 Å². The zero-order chi connectivity index (χ0) is 42.9. The average molecular weight is 893 g/mol. The second-order valence-electron chi connectivity index (χ2n) is 15.5. The predicted octanol–water partition coefficient (Wildman–Crippen LogP) is 8.90. The molecule has 2 saturated carbocycles. The number of carboxylic acid groups (broad SMARTS) is 1. The van der Waals surface area contributed by atoms with Gasteiger partial charge in [-0.3, -0.25) is 18.6 Å². The van der Waals surface area contributed by atoms with Crippen LogP contribution in [0.1, 0.15) is 82.6 Å². The summed E-state index contributed by atoms with van der Waals surface area (Å²) in [5, 5.41) is 10.6. The summed E-state index contributed by atoms with van der Waals surface area (Å²) in [5.41, 5.74) is 1.14. The summed E-state index contributed by atoms with van der Waals surface area (Å²) in [7, 11) is -7.51. The maximum Gasteiger partial charge on any atom is 0.306 e. The maximum atomic E-state index is 15.3. The SMILES string of the molecule is CC1(S(=O)(=O)Nc2ccccc2F)CC1.CCC(CN(c1ccccc1F)S(=O)(=O)C1(C)CC1)N1C(=O)[C@H](CC(=O)O)O[C@H](c2cccc(Cl)c2)[C@H]1c1ccc(Cl)cc1. The summed E-state index contributed by atoms with van der Waals surface area (Å²) in [6, 6.07) is 23.5. The fraction of sp³-hybridized carbons (Fsp3) is 0.381. The molecule has 4 aromatic rings. The number of para-hydroxylation sites is 2. The first-order valence-electron chi connectivity index (χ1n) is 19.0. The summed E-state index contributed by atoms with van der Waals surface area (Å²) in [4.78, 5) is 27.6. The second-order valence-corrected chi connectivity index (χ2v) is 20.9. The van der Waals surface area contributed by atoms with E-state index in [1.807, 2.05) is 0 Å². The van der Waals surface area contributed by atoms with Gasteiger partial charge in [0.05, 0.1) is 45.9 Å². The third-order valence-corrected chi connectivity index (χ3v) is 16.4. The number of carbonyl (C=O) groups is 2. The molecular formula is C42H45Cl2F2N3O8S2. The number of hydrogen-bond donors (Lipinski definition) is 2. The van der Waals surface area contributed by atoms with Crippen LogP contribution in [0.4, 0.5) is 20.2 Å². The van der Waals surface area contributed by atoms with Gasteiger partial charge in [-0.15, -0.1) is 0 Å². The highest BCUT2D eigenvalue weighted by atomic mass is 35.5. The molecule has 316 valence electrons. The molecule has 1 heterocycles. The van der Waals surface area contributed by atoms with Gasteiger partial charge < -0.3 is 14.7 Å². The maximum absolute atomic E-state index is 15.3. The average Bonchev–Trinajstić information content (AvgIpc) is 4.13. The van der Waals surface area contributed by atoms with Gasteiger partial charge in [-0.25, -0.2) is 25.6 Å². The Labute approximate surface area is 353 Å². The molecule has 59 heavy (non-hydrogen) atoms. The first-order valence-corrected chi connectivity index (χ1v) is 22.7. The Balaban J connectivity index is 0.000000326. The van der Waals surface area contributed by atoms with E-state index in [-0.39, 0.29) is 24.3 Å². The van der Waals surface area contributed by atoms with Crippen molar-refractivity contribution in [2.45, 2.75) is 93.1 Å². The minimum atomic E-state index is -4.06. The minimum Gasteiger partial charge on any atom is -0.481 e. The van der Waals surface area contributed by atoms with Crippen molar-refractivity contribution in [3.8, 4) is 0 Å². The van der Waals surface area contributed by atoms with Crippen molar-refractivity contribution >= 4 is 66.5 Å². The molecular weight excluding hydrogens is 848 g/mol. The number of amides is 1.